The van der Waals surface area contributed by atoms with E-state index in [1.807, 2.05) is 11.5 Å². The van der Waals surface area contributed by atoms with Crippen LogP contribution in [-0.2, 0) is 11.3 Å². The third kappa shape index (κ3) is 2.63. The van der Waals surface area contributed by atoms with Gasteiger partial charge in [0, 0.05) is 13.7 Å². The van der Waals surface area contributed by atoms with Gasteiger partial charge in [0.1, 0.15) is 5.82 Å². The van der Waals surface area contributed by atoms with Crippen molar-refractivity contribution in [3.8, 4) is 0 Å². The highest BCUT2D eigenvalue weighted by molar-refractivity contribution is 7.71. The van der Waals surface area contributed by atoms with Gasteiger partial charge in [-0.05, 0) is 25.1 Å². The molecule has 0 aliphatic rings. The summed E-state index contributed by atoms with van der Waals surface area (Å²) in [7, 11) is 1.71. The van der Waals surface area contributed by atoms with E-state index in [9.17, 15) is 0 Å². The third-order valence-electron chi connectivity index (χ3n) is 1.89. The number of hydrogen-bond acceptors (Lipinski definition) is 3. The van der Waals surface area contributed by atoms with Crippen molar-refractivity contribution in [1.29, 1.82) is 0 Å². The van der Waals surface area contributed by atoms with Crippen LogP contribution in [0.4, 0.5) is 0 Å². The van der Waals surface area contributed by atoms with Crippen LogP contribution in [0.1, 0.15) is 12.7 Å². The van der Waals surface area contributed by atoms with Gasteiger partial charge in [-0.15, -0.1) is 0 Å². The number of nitrogens with one attached hydrogen (secondary N) is 1. The highest BCUT2D eigenvalue weighted by Gasteiger charge is 2.06. The number of nitrogens with zero attached hydrogens (tertiary/aromatic N) is 2. The number of aromatic amines is 1. The van der Waals surface area contributed by atoms with Crippen molar-refractivity contribution in [2.24, 2.45) is 5.92 Å². The largest absolute Gasteiger partial charge is 0.384 e. The Morgan fingerprint density at radius 3 is 2.85 bits per heavy atom. The van der Waals surface area contributed by atoms with Gasteiger partial charge in [-0.2, -0.15) is 5.10 Å². The lowest BCUT2D eigenvalue weighted by Crippen LogP contribution is -2.13. The smallest absolute Gasteiger partial charge is 0.195 e. The topological polar surface area (TPSA) is 42.8 Å². The second-order valence-corrected chi connectivity index (χ2v) is 3.63. The minimum atomic E-state index is 0.452. The molecule has 1 aromatic heterocycles. The summed E-state index contributed by atoms with van der Waals surface area (Å²) in [6.07, 6.45) is 0. The molecule has 1 unspecified atom stereocenters. The third-order valence-corrected chi connectivity index (χ3v) is 2.21. The molecule has 1 atom stereocenters. The highest BCUT2D eigenvalue weighted by atomic mass is 32.1. The number of hydrogen-bond donors (Lipinski definition) is 1. The Labute approximate surface area is 82.9 Å². The zero-order valence-corrected chi connectivity index (χ0v) is 9.02. The Kier molecular flexibility index (Phi) is 3.62. The summed E-state index contributed by atoms with van der Waals surface area (Å²) >= 11 is 5.08. The van der Waals surface area contributed by atoms with Crippen LogP contribution in [0.25, 0.3) is 0 Å². The lowest BCUT2D eigenvalue weighted by Gasteiger charge is -2.11. The average molecular weight is 201 g/mol. The van der Waals surface area contributed by atoms with E-state index in [1.54, 1.807) is 7.11 Å². The van der Waals surface area contributed by atoms with Crippen molar-refractivity contribution in [1.82, 2.24) is 14.8 Å². The fourth-order valence-electron chi connectivity index (χ4n) is 1.26. The molecule has 0 spiro atoms. The predicted octanol–water partition coefficient (Wildman–Crippen LogP) is 1.53. The summed E-state index contributed by atoms with van der Waals surface area (Å²) in [5.74, 6) is 1.38. The molecular formula is C8H15N3OS. The number of ether oxygens (including phenoxy) is 1. The fraction of sp³-hybridized carbons (Fsp3) is 0.750. The first-order valence-corrected chi connectivity index (χ1v) is 4.66. The van der Waals surface area contributed by atoms with Crippen molar-refractivity contribution in [2.45, 2.75) is 20.4 Å². The molecule has 5 heteroatoms. The molecule has 0 aliphatic carbocycles. The van der Waals surface area contributed by atoms with E-state index in [-0.39, 0.29) is 0 Å². The quantitative estimate of drug-likeness (QED) is 0.751. The summed E-state index contributed by atoms with van der Waals surface area (Å²) in [6, 6.07) is 0. The van der Waals surface area contributed by atoms with Crippen LogP contribution in [0.2, 0.25) is 0 Å². The maximum atomic E-state index is 5.08. The molecule has 0 bridgehead atoms. The van der Waals surface area contributed by atoms with E-state index >= 15 is 0 Å². The van der Waals surface area contributed by atoms with Crippen LogP contribution >= 0.6 is 12.2 Å². The van der Waals surface area contributed by atoms with E-state index < -0.39 is 0 Å². The van der Waals surface area contributed by atoms with Gasteiger partial charge in [0.25, 0.3) is 0 Å². The normalized spacial score (nSPS) is 13.2. The summed E-state index contributed by atoms with van der Waals surface area (Å²) in [5, 5.41) is 6.79. The van der Waals surface area contributed by atoms with Crippen LogP contribution in [0.15, 0.2) is 0 Å². The van der Waals surface area contributed by atoms with Gasteiger partial charge in [0.15, 0.2) is 4.77 Å². The fourth-order valence-corrected chi connectivity index (χ4v) is 1.51. The van der Waals surface area contributed by atoms with Gasteiger partial charge in [0.05, 0.1) is 6.61 Å². The highest BCUT2D eigenvalue weighted by Crippen LogP contribution is 2.03. The van der Waals surface area contributed by atoms with Gasteiger partial charge in [-0.3, -0.25) is 5.10 Å². The molecule has 1 aromatic rings. The molecule has 0 saturated carbocycles. The second kappa shape index (κ2) is 4.53. The standard InChI is InChI=1S/C8H15N3OS/c1-6(5-12-3)4-11-7(2)9-10-8(11)13/h6H,4-5H2,1-3H3,(H,10,13). The van der Waals surface area contributed by atoms with Gasteiger partial charge in [-0.1, -0.05) is 6.92 Å². The van der Waals surface area contributed by atoms with Gasteiger partial charge >= 0.3 is 0 Å². The van der Waals surface area contributed by atoms with E-state index in [4.69, 9.17) is 17.0 Å². The van der Waals surface area contributed by atoms with E-state index in [1.165, 1.54) is 0 Å². The minimum Gasteiger partial charge on any atom is -0.384 e. The number of methoxy groups -OCH3 is 1. The SMILES string of the molecule is COCC(C)Cn1c(C)n[nH]c1=S. The molecule has 4 nitrogen and oxygen atoms in total. The maximum Gasteiger partial charge on any atom is 0.195 e. The molecule has 0 aliphatic heterocycles. The van der Waals surface area contributed by atoms with Crippen molar-refractivity contribution < 1.29 is 4.74 Å². The van der Waals surface area contributed by atoms with Crippen LogP contribution in [-0.4, -0.2) is 28.5 Å². The zero-order chi connectivity index (χ0) is 9.84. The Hall–Kier alpha value is -0.680. The van der Waals surface area contributed by atoms with Crippen LogP contribution in [0.3, 0.4) is 0 Å². The molecule has 0 aromatic carbocycles. The Morgan fingerprint density at radius 2 is 2.38 bits per heavy atom. The number of rotatable bonds is 4. The van der Waals surface area contributed by atoms with E-state index in [2.05, 4.69) is 17.1 Å². The van der Waals surface area contributed by atoms with Gasteiger partial charge in [0.2, 0.25) is 0 Å². The monoisotopic (exact) mass is 201 g/mol. The van der Waals surface area contributed by atoms with E-state index in [0.717, 1.165) is 19.0 Å². The van der Waals surface area contributed by atoms with E-state index in [0.29, 0.717) is 10.7 Å². The van der Waals surface area contributed by atoms with Crippen molar-refractivity contribution >= 4 is 12.2 Å². The molecule has 0 saturated heterocycles. The first-order chi connectivity index (χ1) is 6.15. The Bertz CT molecular complexity index is 317. The molecule has 74 valence electrons. The lowest BCUT2D eigenvalue weighted by molar-refractivity contribution is 0.151. The first-order valence-electron chi connectivity index (χ1n) is 4.26. The molecule has 1 rings (SSSR count). The zero-order valence-electron chi connectivity index (χ0n) is 8.20. The summed E-state index contributed by atoms with van der Waals surface area (Å²) in [6.45, 7) is 5.66. The van der Waals surface area contributed by atoms with Crippen LogP contribution in [0, 0.1) is 17.6 Å². The number of H-pyrrole nitrogens is 1. The lowest BCUT2D eigenvalue weighted by atomic mass is 10.2. The van der Waals surface area contributed by atoms with Gasteiger partial charge in [-0.25, -0.2) is 0 Å². The Balaban J connectivity index is 2.68. The first kappa shape index (κ1) is 10.4. The summed E-state index contributed by atoms with van der Waals surface area (Å²) in [4.78, 5) is 0. The maximum absolute atomic E-state index is 5.08. The molecule has 13 heavy (non-hydrogen) atoms. The van der Waals surface area contributed by atoms with Gasteiger partial charge < -0.3 is 9.30 Å². The predicted molar refractivity (Wildman–Crippen MR) is 53.2 cm³/mol. The van der Waals surface area contributed by atoms with Crippen molar-refractivity contribution in [3.63, 3.8) is 0 Å². The second-order valence-electron chi connectivity index (χ2n) is 3.25. The molecule has 0 radical (unpaired) electrons. The Morgan fingerprint density at radius 1 is 1.69 bits per heavy atom. The van der Waals surface area contributed by atoms with Crippen molar-refractivity contribution in [3.05, 3.63) is 10.6 Å². The molecular weight excluding hydrogens is 186 g/mol. The minimum absolute atomic E-state index is 0.452. The average Bonchev–Trinajstić information content (AvgIpc) is 2.36. The summed E-state index contributed by atoms with van der Waals surface area (Å²) < 4.78 is 7.72. The molecule has 1 N–H and O–H groups in total. The summed E-state index contributed by atoms with van der Waals surface area (Å²) in [5.41, 5.74) is 0. The van der Waals surface area contributed by atoms with Crippen molar-refractivity contribution in [2.75, 3.05) is 13.7 Å². The van der Waals surface area contributed by atoms with Crippen LogP contribution < -0.4 is 0 Å². The van der Waals surface area contributed by atoms with Crippen LogP contribution in [0.5, 0.6) is 0 Å². The number of aromatic nitrogens is 3. The number of aryl methyl sites for hydroxylation is 1. The molecule has 1 heterocycles. The molecule has 0 fully saturated rings. The molecule has 0 amide bonds.